The molecule has 0 bridgehead atoms. The van der Waals surface area contributed by atoms with E-state index in [1.807, 2.05) is 30.3 Å². The summed E-state index contributed by atoms with van der Waals surface area (Å²) >= 11 is 12.0. The summed E-state index contributed by atoms with van der Waals surface area (Å²) in [5.74, 6) is -0.439. The van der Waals surface area contributed by atoms with Crippen LogP contribution in [0.15, 0.2) is 72.8 Å². The zero-order valence-corrected chi connectivity index (χ0v) is 15.7. The minimum Gasteiger partial charge on any atom is -0.326 e. The molecule has 0 heterocycles. The van der Waals surface area contributed by atoms with Crippen LogP contribution in [0, 0.1) is 0 Å². The highest BCUT2D eigenvalue weighted by Gasteiger charge is 2.11. The van der Waals surface area contributed by atoms with Crippen molar-refractivity contribution in [1.82, 2.24) is 0 Å². The highest BCUT2D eigenvalue weighted by Crippen LogP contribution is 2.29. The van der Waals surface area contributed by atoms with E-state index in [1.54, 1.807) is 42.5 Å². The molecule has 2 N–H and O–H groups in total. The van der Waals surface area contributed by atoms with Gasteiger partial charge in [-0.2, -0.15) is 0 Å². The van der Waals surface area contributed by atoms with Crippen molar-refractivity contribution in [3.8, 4) is 0 Å². The van der Waals surface area contributed by atoms with E-state index in [-0.39, 0.29) is 23.3 Å². The molecule has 0 radical (unpaired) electrons. The molecule has 0 unspecified atom stereocenters. The Morgan fingerprint density at radius 1 is 0.778 bits per heavy atom. The van der Waals surface area contributed by atoms with Crippen molar-refractivity contribution in [2.45, 2.75) is 6.42 Å². The Morgan fingerprint density at radius 3 is 2.19 bits per heavy atom. The largest absolute Gasteiger partial charge is 0.326 e. The Bertz CT molecular complexity index is 958. The van der Waals surface area contributed by atoms with E-state index < -0.39 is 0 Å². The molecule has 0 aromatic heterocycles. The van der Waals surface area contributed by atoms with E-state index in [0.29, 0.717) is 22.0 Å². The lowest BCUT2D eigenvalue weighted by Gasteiger charge is -2.09. The van der Waals surface area contributed by atoms with Gasteiger partial charge < -0.3 is 10.6 Å². The molecule has 3 rings (SSSR count). The average molecular weight is 399 g/mol. The van der Waals surface area contributed by atoms with Gasteiger partial charge in [0.05, 0.1) is 22.2 Å². The summed E-state index contributed by atoms with van der Waals surface area (Å²) in [6.45, 7) is 0. The molecule has 136 valence electrons. The molecule has 27 heavy (non-hydrogen) atoms. The van der Waals surface area contributed by atoms with Crippen LogP contribution in [-0.4, -0.2) is 11.8 Å². The van der Waals surface area contributed by atoms with E-state index in [4.69, 9.17) is 23.2 Å². The highest BCUT2D eigenvalue weighted by molar-refractivity contribution is 6.44. The first-order valence-corrected chi connectivity index (χ1v) is 8.98. The monoisotopic (exact) mass is 398 g/mol. The molecule has 0 saturated heterocycles. The third kappa shape index (κ3) is 5.09. The van der Waals surface area contributed by atoms with Crippen LogP contribution in [0.25, 0.3) is 0 Å². The van der Waals surface area contributed by atoms with Crippen molar-refractivity contribution in [1.29, 1.82) is 0 Å². The number of nitrogens with one attached hydrogen (secondary N) is 2. The van der Waals surface area contributed by atoms with Gasteiger partial charge >= 0.3 is 0 Å². The van der Waals surface area contributed by atoms with Gasteiger partial charge in [-0.25, -0.2) is 0 Å². The first kappa shape index (κ1) is 19.0. The van der Waals surface area contributed by atoms with E-state index in [2.05, 4.69) is 10.6 Å². The Hall–Kier alpha value is -2.82. The molecule has 0 spiro atoms. The molecule has 6 heteroatoms. The average Bonchev–Trinajstić information content (AvgIpc) is 2.66. The fourth-order valence-corrected chi connectivity index (χ4v) is 2.83. The van der Waals surface area contributed by atoms with Crippen molar-refractivity contribution in [2.75, 3.05) is 10.6 Å². The predicted octanol–water partition coefficient (Wildman–Crippen LogP) is 5.43. The molecule has 3 aromatic rings. The molecule has 0 aliphatic heterocycles. The maximum Gasteiger partial charge on any atom is 0.255 e. The van der Waals surface area contributed by atoms with Crippen LogP contribution in [0.2, 0.25) is 10.0 Å². The van der Waals surface area contributed by atoms with Gasteiger partial charge in [0.2, 0.25) is 5.91 Å². The number of hydrogen-bond donors (Lipinski definition) is 2. The molecule has 0 aliphatic rings. The topological polar surface area (TPSA) is 58.2 Å². The third-order valence-electron chi connectivity index (χ3n) is 3.84. The quantitative estimate of drug-likeness (QED) is 0.601. The van der Waals surface area contributed by atoms with Gasteiger partial charge in [-0.05, 0) is 42.0 Å². The van der Waals surface area contributed by atoms with Gasteiger partial charge in [-0.15, -0.1) is 0 Å². The second-order valence-corrected chi connectivity index (χ2v) is 6.63. The van der Waals surface area contributed by atoms with Crippen molar-refractivity contribution in [3.05, 3.63) is 94.0 Å². The first-order chi connectivity index (χ1) is 13.0. The maximum absolute atomic E-state index is 12.4. The van der Waals surface area contributed by atoms with Crippen LogP contribution in [0.4, 0.5) is 11.4 Å². The van der Waals surface area contributed by atoms with Gasteiger partial charge in [0.15, 0.2) is 0 Å². The Labute approximate surface area is 167 Å². The smallest absolute Gasteiger partial charge is 0.255 e. The van der Waals surface area contributed by atoms with Crippen molar-refractivity contribution in [3.63, 3.8) is 0 Å². The van der Waals surface area contributed by atoms with Gasteiger partial charge in [-0.3, -0.25) is 9.59 Å². The number of hydrogen-bond acceptors (Lipinski definition) is 2. The van der Waals surface area contributed by atoms with E-state index in [0.717, 1.165) is 5.56 Å². The fraction of sp³-hybridized carbons (Fsp3) is 0.0476. The van der Waals surface area contributed by atoms with E-state index >= 15 is 0 Å². The summed E-state index contributed by atoms with van der Waals surface area (Å²) in [6.07, 6.45) is 0.288. The van der Waals surface area contributed by atoms with Crippen LogP contribution in [0.5, 0.6) is 0 Å². The molecular weight excluding hydrogens is 383 g/mol. The molecule has 0 saturated carbocycles. The Morgan fingerprint density at radius 2 is 1.48 bits per heavy atom. The lowest BCUT2D eigenvalue weighted by molar-refractivity contribution is -0.115. The molecule has 0 fully saturated rings. The van der Waals surface area contributed by atoms with Crippen LogP contribution in [0.3, 0.4) is 0 Å². The lowest BCUT2D eigenvalue weighted by atomic mass is 10.1. The summed E-state index contributed by atoms with van der Waals surface area (Å²) in [5, 5.41) is 6.19. The predicted molar refractivity (Wildman–Crippen MR) is 110 cm³/mol. The molecule has 0 aliphatic carbocycles. The second-order valence-electron chi connectivity index (χ2n) is 5.84. The van der Waals surface area contributed by atoms with Crippen molar-refractivity contribution in [2.24, 2.45) is 0 Å². The second kappa shape index (κ2) is 8.71. The first-order valence-electron chi connectivity index (χ1n) is 8.22. The number of rotatable bonds is 5. The minimum absolute atomic E-state index is 0.121. The molecule has 3 aromatic carbocycles. The fourth-order valence-electron chi connectivity index (χ4n) is 2.49. The number of carbonyl (C=O) groups excluding carboxylic acids is 2. The number of halogens is 2. The Balaban J connectivity index is 1.62. The SMILES string of the molecule is O=C(Cc1ccccc1)Nc1ccc(C(=O)Nc2cccc(Cl)c2Cl)cc1. The van der Waals surface area contributed by atoms with E-state index in [9.17, 15) is 9.59 Å². The number of benzene rings is 3. The number of carbonyl (C=O) groups is 2. The van der Waals surface area contributed by atoms with Crippen LogP contribution >= 0.6 is 23.2 Å². The van der Waals surface area contributed by atoms with E-state index in [1.165, 1.54) is 0 Å². The molecular formula is C21H16Cl2N2O2. The van der Waals surface area contributed by atoms with Gasteiger partial charge in [0.25, 0.3) is 5.91 Å². The van der Waals surface area contributed by atoms with Crippen LogP contribution in [-0.2, 0) is 11.2 Å². The summed E-state index contributed by atoms with van der Waals surface area (Å²) < 4.78 is 0. The summed E-state index contributed by atoms with van der Waals surface area (Å²) in [4.78, 5) is 24.4. The maximum atomic E-state index is 12.4. The van der Waals surface area contributed by atoms with Gasteiger partial charge in [0.1, 0.15) is 0 Å². The van der Waals surface area contributed by atoms with Crippen molar-refractivity contribution < 1.29 is 9.59 Å². The molecule has 2 amide bonds. The summed E-state index contributed by atoms with van der Waals surface area (Å²) in [5.41, 5.74) is 2.43. The Kier molecular flexibility index (Phi) is 6.12. The minimum atomic E-state index is -0.318. The third-order valence-corrected chi connectivity index (χ3v) is 4.66. The van der Waals surface area contributed by atoms with Crippen LogP contribution in [0.1, 0.15) is 15.9 Å². The molecule has 0 atom stereocenters. The number of anilines is 2. The summed E-state index contributed by atoms with van der Waals surface area (Å²) in [7, 11) is 0. The van der Waals surface area contributed by atoms with Gasteiger partial charge in [-0.1, -0.05) is 59.6 Å². The van der Waals surface area contributed by atoms with Crippen molar-refractivity contribution >= 4 is 46.4 Å². The zero-order chi connectivity index (χ0) is 19.2. The number of amides is 2. The zero-order valence-electron chi connectivity index (χ0n) is 14.2. The normalized spacial score (nSPS) is 10.3. The highest BCUT2D eigenvalue weighted by atomic mass is 35.5. The standard InChI is InChI=1S/C21H16Cl2N2O2/c22-17-7-4-8-18(20(17)23)25-21(27)15-9-11-16(12-10-15)24-19(26)13-14-5-2-1-3-6-14/h1-12H,13H2,(H,24,26)(H,25,27). The molecule has 4 nitrogen and oxygen atoms in total. The van der Waals surface area contributed by atoms with Crippen LogP contribution < -0.4 is 10.6 Å². The van der Waals surface area contributed by atoms with Gasteiger partial charge in [0, 0.05) is 11.3 Å². The summed E-state index contributed by atoms with van der Waals surface area (Å²) in [6, 6.07) is 21.1. The lowest BCUT2D eigenvalue weighted by Crippen LogP contribution is -2.15.